The zero-order valence-electron chi connectivity index (χ0n) is 7.76. The second-order valence-electron chi connectivity index (χ2n) is 2.56. The van der Waals surface area contributed by atoms with Crippen molar-refractivity contribution in [2.75, 3.05) is 7.11 Å². The number of benzene rings is 1. The summed E-state index contributed by atoms with van der Waals surface area (Å²) < 4.78 is 4.81. The number of ether oxygens (including phenoxy) is 1. The third-order valence-electron chi connectivity index (χ3n) is 1.83. The molecule has 0 aliphatic heterocycles. The van der Waals surface area contributed by atoms with Crippen molar-refractivity contribution in [2.45, 2.75) is 0 Å². The SMILES string of the molecule is COc1ccc([N+](=O)[O-])c(C=O)c1C#N. The first-order valence-corrected chi connectivity index (χ1v) is 3.86. The van der Waals surface area contributed by atoms with E-state index in [1.165, 1.54) is 13.2 Å². The van der Waals surface area contributed by atoms with E-state index in [0.29, 0.717) is 0 Å². The summed E-state index contributed by atoms with van der Waals surface area (Å²) >= 11 is 0. The molecule has 0 fully saturated rings. The summed E-state index contributed by atoms with van der Waals surface area (Å²) in [6.07, 6.45) is 0.277. The number of hydrogen-bond donors (Lipinski definition) is 0. The van der Waals surface area contributed by atoms with Crippen molar-refractivity contribution in [1.82, 2.24) is 0 Å². The summed E-state index contributed by atoms with van der Waals surface area (Å²) in [6, 6.07) is 4.11. The monoisotopic (exact) mass is 206 g/mol. The number of carbonyl (C=O) groups is 1. The minimum atomic E-state index is -0.718. The van der Waals surface area contributed by atoms with E-state index in [-0.39, 0.29) is 23.2 Å². The summed E-state index contributed by atoms with van der Waals surface area (Å²) in [5.74, 6) is 0.144. The standard InChI is InChI=1S/C9H6N2O4/c1-15-9-3-2-8(11(13)14)7(5-12)6(9)4-10/h2-3,5H,1H3. The maximum Gasteiger partial charge on any atom is 0.281 e. The fraction of sp³-hybridized carbons (Fsp3) is 0.111. The highest BCUT2D eigenvalue weighted by Gasteiger charge is 2.20. The summed E-state index contributed by atoms with van der Waals surface area (Å²) in [4.78, 5) is 20.5. The van der Waals surface area contributed by atoms with Gasteiger partial charge in [0, 0.05) is 6.07 Å². The molecule has 0 spiro atoms. The number of aldehydes is 1. The second kappa shape index (κ2) is 4.19. The number of carbonyl (C=O) groups excluding carboxylic acids is 1. The first-order chi connectivity index (χ1) is 7.15. The van der Waals surface area contributed by atoms with Crippen LogP contribution in [0.25, 0.3) is 0 Å². The molecule has 0 amide bonds. The molecule has 1 aromatic carbocycles. The zero-order valence-corrected chi connectivity index (χ0v) is 7.76. The Hall–Kier alpha value is -2.42. The maximum absolute atomic E-state index is 10.7. The van der Waals surface area contributed by atoms with E-state index in [4.69, 9.17) is 10.00 Å². The molecular formula is C9H6N2O4. The van der Waals surface area contributed by atoms with Crippen molar-refractivity contribution in [3.63, 3.8) is 0 Å². The van der Waals surface area contributed by atoms with E-state index in [0.717, 1.165) is 6.07 Å². The van der Waals surface area contributed by atoms with Gasteiger partial charge >= 0.3 is 0 Å². The Morgan fingerprint density at radius 1 is 1.60 bits per heavy atom. The molecule has 0 aromatic heterocycles. The minimum absolute atomic E-state index is 0.123. The highest BCUT2D eigenvalue weighted by Crippen LogP contribution is 2.28. The summed E-state index contributed by atoms with van der Waals surface area (Å²) in [5, 5.41) is 19.3. The van der Waals surface area contributed by atoms with E-state index in [2.05, 4.69) is 0 Å². The van der Waals surface area contributed by atoms with E-state index in [1.807, 2.05) is 0 Å². The largest absolute Gasteiger partial charge is 0.495 e. The Labute approximate surface area is 84.8 Å². The molecule has 6 nitrogen and oxygen atoms in total. The molecule has 6 heteroatoms. The van der Waals surface area contributed by atoms with Crippen LogP contribution in [0.3, 0.4) is 0 Å². The van der Waals surface area contributed by atoms with Crippen LogP contribution in [-0.4, -0.2) is 18.3 Å². The highest BCUT2D eigenvalue weighted by molar-refractivity contribution is 5.86. The number of methoxy groups -OCH3 is 1. The summed E-state index contributed by atoms with van der Waals surface area (Å²) in [6.45, 7) is 0. The van der Waals surface area contributed by atoms with E-state index < -0.39 is 10.6 Å². The molecule has 76 valence electrons. The fourth-order valence-electron chi connectivity index (χ4n) is 1.15. The molecule has 0 saturated carbocycles. The van der Waals surface area contributed by atoms with Gasteiger partial charge in [-0.15, -0.1) is 0 Å². The van der Waals surface area contributed by atoms with Gasteiger partial charge in [0.2, 0.25) is 0 Å². The maximum atomic E-state index is 10.7. The van der Waals surface area contributed by atoms with E-state index in [1.54, 1.807) is 6.07 Å². The van der Waals surface area contributed by atoms with Crippen molar-refractivity contribution < 1.29 is 14.5 Å². The lowest BCUT2D eigenvalue weighted by molar-refractivity contribution is -0.385. The number of nitriles is 1. The normalized spacial score (nSPS) is 9.07. The van der Waals surface area contributed by atoms with Gasteiger partial charge in [-0.25, -0.2) is 0 Å². The quantitative estimate of drug-likeness (QED) is 0.422. The molecule has 0 radical (unpaired) electrons. The molecular weight excluding hydrogens is 200 g/mol. The van der Waals surface area contributed by atoms with Gasteiger partial charge in [0.25, 0.3) is 5.69 Å². The van der Waals surface area contributed by atoms with Crippen LogP contribution >= 0.6 is 0 Å². The number of hydrogen-bond acceptors (Lipinski definition) is 5. The van der Waals surface area contributed by atoms with Crippen LogP contribution in [0.15, 0.2) is 12.1 Å². The lowest BCUT2D eigenvalue weighted by atomic mass is 10.1. The van der Waals surface area contributed by atoms with E-state index in [9.17, 15) is 14.9 Å². The molecule has 1 rings (SSSR count). The van der Waals surface area contributed by atoms with Crippen LogP contribution < -0.4 is 4.74 Å². The van der Waals surface area contributed by atoms with Gasteiger partial charge in [-0.3, -0.25) is 14.9 Å². The molecule has 0 aliphatic carbocycles. The van der Waals surface area contributed by atoms with Gasteiger partial charge in [0.05, 0.1) is 12.0 Å². The molecule has 0 atom stereocenters. The Bertz CT molecular complexity index is 462. The number of nitrogens with zero attached hydrogens (tertiary/aromatic N) is 2. The zero-order chi connectivity index (χ0) is 11.4. The van der Waals surface area contributed by atoms with Gasteiger partial charge in [0.15, 0.2) is 6.29 Å². The van der Waals surface area contributed by atoms with Gasteiger partial charge in [-0.1, -0.05) is 0 Å². The molecule has 0 aliphatic rings. The molecule has 0 saturated heterocycles. The average molecular weight is 206 g/mol. The number of nitro benzene ring substituents is 1. The van der Waals surface area contributed by atoms with Crippen molar-refractivity contribution in [3.05, 3.63) is 33.4 Å². The minimum Gasteiger partial charge on any atom is -0.495 e. The molecule has 0 N–H and O–H groups in total. The van der Waals surface area contributed by atoms with Gasteiger partial charge < -0.3 is 4.74 Å². The Morgan fingerprint density at radius 2 is 2.27 bits per heavy atom. The van der Waals surface area contributed by atoms with Crippen molar-refractivity contribution in [1.29, 1.82) is 5.26 Å². The van der Waals surface area contributed by atoms with Crippen LogP contribution in [0.2, 0.25) is 0 Å². The smallest absolute Gasteiger partial charge is 0.281 e. The van der Waals surface area contributed by atoms with Crippen molar-refractivity contribution in [2.24, 2.45) is 0 Å². The third-order valence-corrected chi connectivity index (χ3v) is 1.83. The fourth-order valence-corrected chi connectivity index (χ4v) is 1.15. The van der Waals surface area contributed by atoms with Crippen molar-refractivity contribution in [3.8, 4) is 11.8 Å². The molecule has 0 bridgehead atoms. The van der Waals surface area contributed by atoms with Crippen LogP contribution in [0.1, 0.15) is 15.9 Å². The summed E-state index contributed by atoms with van der Waals surface area (Å²) in [7, 11) is 1.32. The molecule has 15 heavy (non-hydrogen) atoms. The van der Waals surface area contributed by atoms with Crippen LogP contribution in [0.4, 0.5) is 5.69 Å². The number of rotatable bonds is 3. The molecule has 0 heterocycles. The molecule has 0 unspecified atom stereocenters. The highest BCUT2D eigenvalue weighted by atomic mass is 16.6. The predicted octanol–water partition coefficient (Wildman–Crippen LogP) is 1.29. The Balaban J connectivity index is 3.57. The topological polar surface area (TPSA) is 93.2 Å². The lowest BCUT2D eigenvalue weighted by Gasteiger charge is -2.04. The van der Waals surface area contributed by atoms with Crippen LogP contribution in [-0.2, 0) is 0 Å². The predicted molar refractivity (Wildman–Crippen MR) is 49.8 cm³/mol. The van der Waals surface area contributed by atoms with Gasteiger partial charge in [-0.2, -0.15) is 5.26 Å². The van der Waals surface area contributed by atoms with Gasteiger partial charge in [0.1, 0.15) is 22.9 Å². The third kappa shape index (κ3) is 1.76. The number of nitro groups is 1. The van der Waals surface area contributed by atoms with Crippen molar-refractivity contribution >= 4 is 12.0 Å². The van der Waals surface area contributed by atoms with Gasteiger partial charge in [-0.05, 0) is 6.07 Å². The van der Waals surface area contributed by atoms with Crippen LogP contribution in [0.5, 0.6) is 5.75 Å². The summed E-state index contributed by atoms with van der Waals surface area (Å²) in [5.41, 5.74) is -0.786. The van der Waals surface area contributed by atoms with E-state index >= 15 is 0 Å². The first-order valence-electron chi connectivity index (χ1n) is 3.86. The Kier molecular flexibility index (Phi) is 2.98. The first kappa shape index (κ1) is 10.7. The average Bonchev–Trinajstić information content (AvgIpc) is 2.26. The molecule has 1 aromatic rings. The second-order valence-corrected chi connectivity index (χ2v) is 2.56. The Morgan fingerprint density at radius 3 is 2.67 bits per heavy atom. The lowest BCUT2D eigenvalue weighted by Crippen LogP contribution is -1.99. The van der Waals surface area contributed by atoms with Crippen LogP contribution in [0, 0.1) is 21.4 Å².